The zero-order valence-electron chi connectivity index (χ0n) is 15.0. The molecule has 2 fully saturated rings. The van der Waals surface area contributed by atoms with Crippen LogP contribution in [0, 0.1) is 6.92 Å². The minimum atomic E-state index is -2.54. The quantitative estimate of drug-likeness (QED) is 0.838. The topological polar surface area (TPSA) is 50.8 Å². The highest BCUT2D eigenvalue weighted by atomic mass is 19.3. The highest BCUT2D eigenvalue weighted by molar-refractivity contribution is 5.95. The van der Waals surface area contributed by atoms with Crippen LogP contribution in [0.2, 0.25) is 0 Å². The number of halogens is 2. The van der Waals surface area contributed by atoms with Crippen LogP contribution in [0.1, 0.15) is 31.2 Å². The smallest absolute Gasteiger partial charge is 0.272 e. The summed E-state index contributed by atoms with van der Waals surface area (Å²) in [5.74, 6) is 0.232. The van der Waals surface area contributed by atoms with E-state index in [9.17, 15) is 13.6 Å². The van der Waals surface area contributed by atoms with Gasteiger partial charge in [-0.15, -0.1) is 0 Å². The fourth-order valence-electron chi connectivity index (χ4n) is 3.73. The predicted molar refractivity (Wildman–Crippen MR) is 94.9 cm³/mol. The molecule has 1 saturated carbocycles. The highest BCUT2D eigenvalue weighted by Gasteiger charge is 2.35. The Morgan fingerprint density at radius 2 is 2.15 bits per heavy atom. The van der Waals surface area contributed by atoms with Gasteiger partial charge in [-0.2, -0.15) is 0 Å². The van der Waals surface area contributed by atoms with Crippen molar-refractivity contribution in [3.8, 4) is 5.75 Å². The van der Waals surface area contributed by atoms with Crippen LogP contribution in [-0.2, 0) is 9.53 Å². The molecule has 3 rings (SSSR count). The third kappa shape index (κ3) is 4.71. The monoisotopic (exact) mass is 368 g/mol. The summed E-state index contributed by atoms with van der Waals surface area (Å²) < 4.78 is 35.4. The number of hydrogen-bond acceptors (Lipinski definition) is 4. The van der Waals surface area contributed by atoms with Gasteiger partial charge in [0.05, 0.1) is 13.2 Å². The van der Waals surface area contributed by atoms with E-state index in [4.69, 9.17) is 9.47 Å². The van der Waals surface area contributed by atoms with E-state index in [2.05, 4.69) is 10.2 Å². The lowest BCUT2D eigenvalue weighted by molar-refractivity contribution is -0.129. The summed E-state index contributed by atoms with van der Waals surface area (Å²) in [6.07, 6.45) is 2.13. The third-order valence-corrected chi connectivity index (χ3v) is 5.09. The second-order valence-electron chi connectivity index (χ2n) is 6.94. The van der Waals surface area contributed by atoms with Crippen molar-refractivity contribution in [3.05, 3.63) is 23.8 Å². The maximum atomic E-state index is 12.8. The van der Waals surface area contributed by atoms with E-state index in [1.165, 1.54) is 12.8 Å². The van der Waals surface area contributed by atoms with Crippen molar-refractivity contribution in [1.29, 1.82) is 0 Å². The number of alkyl halides is 2. The maximum Gasteiger partial charge on any atom is 0.272 e. The van der Waals surface area contributed by atoms with E-state index in [0.717, 1.165) is 24.9 Å². The number of nitrogens with one attached hydrogen (secondary N) is 1. The van der Waals surface area contributed by atoms with Crippen molar-refractivity contribution in [2.45, 2.75) is 51.1 Å². The third-order valence-electron chi connectivity index (χ3n) is 5.09. The normalized spacial score (nSPS) is 21.9. The van der Waals surface area contributed by atoms with E-state index in [1.54, 1.807) is 25.1 Å². The number of rotatable bonds is 6. The van der Waals surface area contributed by atoms with Crippen LogP contribution in [0.15, 0.2) is 18.2 Å². The number of morpholine rings is 1. The Morgan fingerprint density at radius 3 is 2.88 bits per heavy atom. The van der Waals surface area contributed by atoms with Gasteiger partial charge in [0.15, 0.2) is 0 Å². The van der Waals surface area contributed by atoms with Gasteiger partial charge in [0.1, 0.15) is 18.4 Å². The Hall–Kier alpha value is -1.73. The average Bonchev–Trinajstić information content (AvgIpc) is 3.16. The Balaban J connectivity index is 1.67. The summed E-state index contributed by atoms with van der Waals surface area (Å²) in [6.45, 7) is 2.91. The Bertz CT molecular complexity index is 621. The van der Waals surface area contributed by atoms with Gasteiger partial charge in [0.25, 0.3) is 6.43 Å². The van der Waals surface area contributed by atoms with Crippen LogP contribution in [0.4, 0.5) is 14.5 Å². The fourth-order valence-corrected chi connectivity index (χ4v) is 3.73. The standard InChI is InChI=1S/C19H26F2N2O3/c1-13-6-7-14(10-17(13)26-12-18(20)21)22-19(24)16-11-25-9-8-23(16)15-4-2-3-5-15/h6-7,10,15-16,18H,2-5,8-9,11-12H2,1H3,(H,22,24). The second kappa shape index (κ2) is 8.77. The van der Waals surface area contributed by atoms with Crippen LogP contribution in [-0.4, -0.2) is 55.7 Å². The molecule has 1 atom stereocenters. The van der Waals surface area contributed by atoms with Gasteiger partial charge < -0.3 is 14.8 Å². The van der Waals surface area contributed by atoms with E-state index < -0.39 is 13.0 Å². The predicted octanol–water partition coefficient (Wildman–Crippen LogP) is 3.22. The van der Waals surface area contributed by atoms with Crippen LogP contribution in [0.25, 0.3) is 0 Å². The van der Waals surface area contributed by atoms with Crippen molar-refractivity contribution < 1.29 is 23.0 Å². The minimum Gasteiger partial charge on any atom is -0.487 e. The molecule has 1 aromatic rings. The van der Waals surface area contributed by atoms with Gasteiger partial charge in [-0.05, 0) is 31.4 Å². The van der Waals surface area contributed by atoms with Crippen molar-refractivity contribution in [2.75, 3.05) is 31.7 Å². The fraction of sp³-hybridized carbons (Fsp3) is 0.632. The molecule has 26 heavy (non-hydrogen) atoms. The summed E-state index contributed by atoms with van der Waals surface area (Å²) in [5, 5.41) is 2.89. The highest BCUT2D eigenvalue weighted by Crippen LogP contribution is 2.28. The molecule has 0 aromatic heterocycles. The van der Waals surface area contributed by atoms with Crippen molar-refractivity contribution in [2.24, 2.45) is 0 Å². The van der Waals surface area contributed by atoms with Gasteiger partial charge in [0.2, 0.25) is 5.91 Å². The van der Waals surface area contributed by atoms with Crippen molar-refractivity contribution >= 4 is 11.6 Å². The van der Waals surface area contributed by atoms with Gasteiger partial charge in [-0.25, -0.2) is 8.78 Å². The van der Waals surface area contributed by atoms with E-state index in [-0.39, 0.29) is 11.9 Å². The molecular formula is C19H26F2N2O3. The van der Waals surface area contributed by atoms with Crippen LogP contribution >= 0.6 is 0 Å². The molecule has 1 saturated heterocycles. The van der Waals surface area contributed by atoms with Gasteiger partial charge in [0, 0.05) is 24.3 Å². The number of hydrogen-bond donors (Lipinski definition) is 1. The van der Waals surface area contributed by atoms with Crippen molar-refractivity contribution in [1.82, 2.24) is 4.90 Å². The number of carbonyl (C=O) groups excluding carboxylic acids is 1. The van der Waals surface area contributed by atoms with Crippen LogP contribution in [0.3, 0.4) is 0 Å². The minimum absolute atomic E-state index is 0.125. The molecule has 1 amide bonds. The number of carbonyl (C=O) groups is 1. The van der Waals surface area contributed by atoms with E-state index >= 15 is 0 Å². The number of nitrogens with zero attached hydrogens (tertiary/aromatic N) is 1. The molecule has 7 heteroatoms. The molecule has 1 aromatic carbocycles. The molecular weight excluding hydrogens is 342 g/mol. The largest absolute Gasteiger partial charge is 0.487 e. The molecule has 1 unspecified atom stereocenters. The number of benzene rings is 1. The summed E-state index contributed by atoms with van der Waals surface area (Å²) in [4.78, 5) is 15.1. The first kappa shape index (κ1) is 19.0. The van der Waals surface area contributed by atoms with Crippen LogP contribution in [0.5, 0.6) is 5.75 Å². The Morgan fingerprint density at radius 1 is 1.38 bits per heavy atom. The molecule has 1 N–H and O–H groups in total. The Labute approximate surface area is 152 Å². The molecule has 1 heterocycles. The first-order valence-electron chi connectivity index (χ1n) is 9.20. The molecule has 0 bridgehead atoms. The molecule has 0 spiro atoms. The summed E-state index contributed by atoms with van der Waals surface area (Å²) in [6, 6.07) is 5.23. The molecule has 1 aliphatic carbocycles. The molecule has 144 valence electrons. The summed E-state index contributed by atoms with van der Waals surface area (Å²) >= 11 is 0. The maximum absolute atomic E-state index is 12.8. The number of amides is 1. The average molecular weight is 368 g/mol. The first-order chi connectivity index (χ1) is 12.5. The summed E-state index contributed by atoms with van der Waals surface area (Å²) in [7, 11) is 0. The molecule has 0 radical (unpaired) electrons. The molecule has 2 aliphatic rings. The lowest BCUT2D eigenvalue weighted by atomic mass is 10.1. The summed E-state index contributed by atoms with van der Waals surface area (Å²) in [5.41, 5.74) is 1.29. The van der Waals surface area contributed by atoms with E-state index in [1.807, 2.05) is 0 Å². The number of ether oxygens (including phenoxy) is 2. The zero-order chi connectivity index (χ0) is 18.5. The molecule has 5 nitrogen and oxygen atoms in total. The van der Waals surface area contributed by atoms with Crippen molar-refractivity contribution in [3.63, 3.8) is 0 Å². The van der Waals surface area contributed by atoms with E-state index in [0.29, 0.717) is 30.7 Å². The van der Waals surface area contributed by atoms with Gasteiger partial charge in [-0.3, -0.25) is 9.69 Å². The van der Waals surface area contributed by atoms with Crippen LogP contribution < -0.4 is 10.1 Å². The zero-order valence-corrected chi connectivity index (χ0v) is 15.0. The number of anilines is 1. The number of aryl methyl sites for hydroxylation is 1. The SMILES string of the molecule is Cc1ccc(NC(=O)C2COCCN2C2CCCC2)cc1OCC(F)F. The van der Waals surface area contributed by atoms with Gasteiger partial charge >= 0.3 is 0 Å². The van der Waals surface area contributed by atoms with Gasteiger partial charge in [-0.1, -0.05) is 18.9 Å². The second-order valence-corrected chi connectivity index (χ2v) is 6.94. The molecule has 1 aliphatic heterocycles. The first-order valence-corrected chi connectivity index (χ1v) is 9.20. The lowest BCUT2D eigenvalue weighted by Crippen LogP contribution is -2.55. The lowest BCUT2D eigenvalue weighted by Gasteiger charge is -2.38. The Kier molecular flexibility index (Phi) is 6.43.